The van der Waals surface area contributed by atoms with Gasteiger partial charge >= 0.3 is 80.2 Å². The molecule has 0 saturated carbocycles. The van der Waals surface area contributed by atoms with Crippen LogP contribution >= 0.6 is 0 Å². The van der Waals surface area contributed by atoms with Crippen molar-refractivity contribution in [3.05, 3.63) is 29.8 Å². The average Bonchev–Trinajstić information content (AvgIpc) is 1.85. The quantitative estimate of drug-likeness (QED) is 0.697. The third-order valence-corrected chi connectivity index (χ3v) is 1.83. The van der Waals surface area contributed by atoms with Crippen molar-refractivity contribution in [1.82, 2.24) is 4.90 Å². The Labute approximate surface area is 80.3 Å². The van der Waals surface area contributed by atoms with Crippen LogP contribution in [-0.4, -0.2) is 19.0 Å². The zero-order valence-corrected chi connectivity index (χ0v) is 8.25. The molecule has 0 radical (unpaired) electrons. The summed E-state index contributed by atoms with van der Waals surface area (Å²) in [5.41, 5.74) is 1.34. The van der Waals surface area contributed by atoms with Crippen molar-refractivity contribution in [2.75, 3.05) is 14.1 Å². The molecule has 0 bridgehead atoms. The molecule has 11 heavy (non-hydrogen) atoms. The van der Waals surface area contributed by atoms with Gasteiger partial charge in [-0.2, -0.15) is 0 Å². The Morgan fingerprint density at radius 3 is 2.64 bits per heavy atom. The molecule has 0 amide bonds. The number of hydrogen-bond donors (Lipinski definition) is 0. The van der Waals surface area contributed by atoms with Crippen LogP contribution in [0.3, 0.4) is 0 Å². The number of hydrogen-bond acceptors (Lipinski definition) is 1. The van der Waals surface area contributed by atoms with Gasteiger partial charge in [0.1, 0.15) is 0 Å². The fraction of sp³-hybridized carbons (Fsp3) is 0.333. The molecule has 0 spiro atoms. The van der Waals surface area contributed by atoms with Gasteiger partial charge in [0.25, 0.3) is 0 Å². The molecule has 1 rings (SSSR count). The van der Waals surface area contributed by atoms with Gasteiger partial charge in [-0.25, -0.2) is 0 Å². The Morgan fingerprint density at radius 1 is 1.36 bits per heavy atom. The van der Waals surface area contributed by atoms with E-state index >= 15 is 0 Å². The first-order chi connectivity index (χ1) is 5.18. The Balaban J connectivity index is 2.71. The van der Waals surface area contributed by atoms with Gasteiger partial charge in [-0.05, 0) is 0 Å². The minimum absolute atomic E-state index is 0.999. The first-order valence-electron chi connectivity index (χ1n) is 3.54. The van der Waals surface area contributed by atoms with Crippen molar-refractivity contribution in [2.24, 2.45) is 0 Å². The van der Waals surface area contributed by atoms with Crippen molar-refractivity contribution in [3.8, 4) is 0 Å². The van der Waals surface area contributed by atoms with Crippen LogP contribution < -0.4 is 3.78 Å². The normalized spacial score (nSPS) is 10.6. The van der Waals surface area contributed by atoms with E-state index in [9.17, 15) is 0 Å². The van der Waals surface area contributed by atoms with E-state index in [1.165, 1.54) is 5.56 Å². The zero-order chi connectivity index (χ0) is 8.27. The number of nitrogens with zero attached hydrogens (tertiary/aromatic N) is 1. The number of rotatable bonds is 2. The van der Waals surface area contributed by atoms with Crippen molar-refractivity contribution in [3.63, 3.8) is 0 Å². The zero-order valence-electron chi connectivity index (χ0n) is 6.77. The summed E-state index contributed by atoms with van der Waals surface area (Å²) in [5.74, 6) is 0. The second kappa shape index (κ2) is 4.07. The van der Waals surface area contributed by atoms with E-state index < -0.39 is 0 Å². The van der Waals surface area contributed by atoms with Crippen molar-refractivity contribution < 1.29 is 21.1 Å². The van der Waals surface area contributed by atoms with Gasteiger partial charge in [-0.1, -0.05) is 0 Å². The maximum atomic E-state index is 3.45. The first-order valence-corrected chi connectivity index (χ1v) is 4.28. The van der Waals surface area contributed by atoms with Crippen LogP contribution in [0, 0.1) is 0 Å². The summed E-state index contributed by atoms with van der Waals surface area (Å²) in [4.78, 5) is 2.15. The molecule has 0 aliphatic rings. The van der Waals surface area contributed by atoms with Crippen molar-refractivity contribution >= 4 is 3.78 Å². The van der Waals surface area contributed by atoms with Gasteiger partial charge in [-0.15, -0.1) is 0 Å². The minimum atomic E-state index is 0.999. The van der Waals surface area contributed by atoms with Crippen LogP contribution in [0.2, 0.25) is 0 Å². The molecule has 0 fully saturated rings. The Bertz CT molecular complexity index is 233. The van der Waals surface area contributed by atoms with Crippen LogP contribution in [0.5, 0.6) is 0 Å². The fourth-order valence-electron chi connectivity index (χ4n) is 0.979. The van der Waals surface area contributed by atoms with Gasteiger partial charge in [0, 0.05) is 0 Å². The van der Waals surface area contributed by atoms with E-state index in [-0.39, 0.29) is 0 Å². The van der Waals surface area contributed by atoms with Crippen LogP contribution in [0.1, 0.15) is 5.56 Å². The SMILES string of the molecule is CN(C)Cc1ccc[c]([Ag])c1. The molecule has 0 unspecified atom stereocenters. The molecule has 0 aliphatic carbocycles. The molecule has 0 N–H and O–H groups in total. The molecule has 0 heterocycles. The first kappa shape index (κ1) is 9.01. The van der Waals surface area contributed by atoms with Crippen LogP contribution in [-0.2, 0) is 27.6 Å². The van der Waals surface area contributed by atoms with Gasteiger partial charge in [0.2, 0.25) is 0 Å². The van der Waals surface area contributed by atoms with Crippen LogP contribution in [0.25, 0.3) is 0 Å². The fourth-order valence-corrected chi connectivity index (χ4v) is 1.40. The maximum absolute atomic E-state index is 3.45. The molecule has 0 saturated heterocycles. The Hall–Kier alpha value is -0.0797. The molecular weight excluding hydrogens is 230 g/mol. The van der Waals surface area contributed by atoms with Gasteiger partial charge in [0.05, 0.1) is 0 Å². The molecular formula is C9H12AgN. The van der Waals surface area contributed by atoms with Crippen LogP contribution in [0.15, 0.2) is 24.3 Å². The summed E-state index contributed by atoms with van der Waals surface area (Å²) in [7, 11) is 4.14. The van der Waals surface area contributed by atoms with E-state index in [2.05, 4.69) is 58.3 Å². The van der Waals surface area contributed by atoms with Gasteiger partial charge < -0.3 is 0 Å². The molecule has 0 aliphatic heterocycles. The third kappa shape index (κ3) is 3.21. The average molecular weight is 242 g/mol. The standard InChI is InChI=1S/C9H12N.Ag/c1-10(2)8-9-6-4-3-5-7-9;/h3-4,6-7H,8H2,1-2H3;. The summed E-state index contributed by atoms with van der Waals surface area (Å²) in [6.07, 6.45) is 0. The molecule has 1 aromatic carbocycles. The van der Waals surface area contributed by atoms with E-state index in [0.29, 0.717) is 0 Å². The summed E-state index contributed by atoms with van der Waals surface area (Å²) in [5, 5.41) is 0. The summed E-state index contributed by atoms with van der Waals surface area (Å²) >= 11 is 3.45. The third-order valence-electron chi connectivity index (χ3n) is 1.36. The predicted molar refractivity (Wildman–Crippen MR) is 43.5 cm³/mol. The molecule has 0 atom stereocenters. The van der Waals surface area contributed by atoms with E-state index in [1.807, 2.05) is 6.07 Å². The Kier molecular flexibility index (Phi) is 3.34. The molecule has 0 aromatic heterocycles. The predicted octanol–water partition coefficient (Wildman–Crippen LogP) is 0.920. The summed E-state index contributed by atoms with van der Waals surface area (Å²) in [6.45, 7) is 0.999. The monoisotopic (exact) mass is 241 g/mol. The number of benzene rings is 1. The summed E-state index contributed by atoms with van der Waals surface area (Å²) in [6, 6.07) is 8.36. The van der Waals surface area contributed by atoms with Gasteiger partial charge in [0.15, 0.2) is 0 Å². The van der Waals surface area contributed by atoms with E-state index in [0.717, 1.165) is 10.3 Å². The van der Waals surface area contributed by atoms with Crippen molar-refractivity contribution in [1.29, 1.82) is 0 Å². The Morgan fingerprint density at radius 2 is 2.09 bits per heavy atom. The van der Waals surface area contributed by atoms with Crippen LogP contribution in [0.4, 0.5) is 0 Å². The molecule has 2 heteroatoms. The second-order valence-electron chi connectivity index (χ2n) is 2.82. The van der Waals surface area contributed by atoms with E-state index in [1.54, 1.807) is 0 Å². The molecule has 1 nitrogen and oxygen atoms in total. The van der Waals surface area contributed by atoms with Gasteiger partial charge in [-0.3, -0.25) is 0 Å². The molecule has 64 valence electrons. The topological polar surface area (TPSA) is 3.24 Å². The second-order valence-corrected chi connectivity index (χ2v) is 3.68. The molecule has 1 aromatic rings. The summed E-state index contributed by atoms with van der Waals surface area (Å²) < 4.78 is 1.15. The van der Waals surface area contributed by atoms with Crippen molar-refractivity contribution in [2.45, 2.75) is 6.54 Å². The van der Waals surface area contributed by atoms with E-state index in [4.69, 9.17) is 0 Å².